The number of carbonyl (C=O) groups excluding carboxylic acids is 1. The topological polar surface area (TPSA) is 59.8 Å². The van der Waals surface area contributed by atoms with Crippen LogP contribution in [0.3, 0.4) is 0 Å². The molecule has 0 saturated carbocycles. The van der Waals surface area contributed by atoms with Crippen LogP contribution in [0.25, 0.3) is 5.69 Å². The maximum Gasteiger partial charge on any atom is 0.234 e. The lowest BCUT2D eigenvalue weighted by Crippen LogP contribution is -2.14. The molecule has 7 heteroatoms. The van der Waals surface area contributed by atoms with E-state index >= 15 is 0 Å². The van der Waals surface area contributed by atoms with Gasteiger partial charge in [0.2, 0.25) is 5.91 Å². The van der Waals surface area contributed by atoms with Gasteiger partial charge in [-0.15, -0.1) is 10.2 Å². The van der Waals surface area contributed by atoms with E-state index in [0.29, 0.717) is 15.9 Å². The minimum Gasteiger partial charge on any atom is -0.325 e. The normalized spacial score (nSPS) is 10.6. The number of nitrogens with one attached hydrogen (secondary N) is 1. The van der Waals surface area contributed by atoms with E-state index in [4.69, 9.17) is 11.6 Å². The molecule has 25 heavy (non-hydrogen) atoms. The first-order valence-electron chi connectivity index (χ1n) is 7.85. The van der Waals surface area contributed by atoms with Crippen LogP contribution in [0, 0.1) is 0 Å². The zero-order valence-corrected chi connectivity index (χ0v) is 15.2. The predicted molar refractivity (Wildman–Crippen MR) is 102 cm³/mol. The van der Waals surface area contributed by atoms with Crippen LogP contribution in [0.1, 0.15) is 12.7 Å². The largest absolute Gasteiger partial charge is 0.325 e. The summed E-state index contributed by atoms with van der Waals surface area (Å²) in [6.45, 7) is 2.03. The Labute approximate surface area is 155 Å². The SMILES string of the molecule is CCc1nnc(SCC(=O)Nc2cccc(Cl)c2)n1-c1ccccc1. The fourth-order valence-electron chi connectivity index (χ4n) is 2.35. The molecule has 0 atom stereocenters. The summed E-state index contributed by atoms with van der Waals surface area (Å²) in [6.07, 6.45) is 0.761. The highest BCUT2D eigenvalue weighted by Gasteiger charge is 2.14. The Morgan fingerprint density at radius 3 is 2.68 bits per heavy atom. The number of carbonyl (C=O) groups is 1. The van der Waals surface area contributed by atoms with Gasteiger partial charge in [0, 0.05) is 22.8 Å². The van der Waals surface area contributed by atoms with Crippen molar-refractivity contribution in [2.45, 2.75) is 18.5 Å². The number of aryl methyl sites for hydroxylation is 1. The van der Waals surface area contributed by atoms with Crippen molar-refractivity contribution in [3.8, 4) is 5.69 Å². The van der Waals surface area contributed by atoms with Crippen molar-refractivity contribution in [1.82, 2.24) is 14.8 Å². The molecule has 0 aliphatic carbocycles. The number of thioether (sulfide) groups is 1. The summed E-state index contributed by atoms with van der Waals surface area (Å²) >= 11 is 7.28. The molecule has 128 valence electrons. The van der Waals surface area contributed by atoms with Crippen molar-refractivity contribution < 1.29 is 4.79 Å². The summed E-state index contributed by atoms with van der Waals surface area (Å²) in [5.41, 5.74) is 1.67. The highest BCUT2D eigenvalue weighted by molar-refractivity contribution is 7.99. The van der Waals surface area contributed by atoms with E-state index in [1.165, 1.54) is 11.8 Å². The number of amides is 1. The molecule has 0 aliphatic heterocycles. The minimum absolute atomic E-state index is 0.118. The average molecular weight is 373 g/mol. The fourth-order valence-corrected chi connectivity index (χ4v) is 3.31. The summed E-state index contributed by atoms with van der Waals surface area (Å²) in [5.74, 6) is 0.984. The van der Waals surface area contributed by atoms with Crippen molar-refractivity contribution in [3.05, 3.63) is 65.4 Å². The quantitative estimate of drug-likeness (QED) is 0.658. The van der Waals surface area contributed by atoms with Gasteiger partial charge in [-0.3, -0.25) is 9.36 Å². The van der Waals surface area contributed by atoms with Crippen molar-refractivity contribution in [2.75, 3.05) is 11.1 Å². The second-order valence-corrected chi connectivity index (χ2v) is 6.65. The Balaban J connectivity index is 1.71. The van der Waals surface area contributed by atoms with Crippen molar-refractivity contribution in [3.63, 3.8) is 0 Å². The van der Waals surface area contributed by atoms with Gasteiger partial charge in [0.25, 0.3) is 0 Å². The van der Waals surface area contributed by atoms with Gasteiger partial charge in [0.15, 0.2) is 5.16 Å². The average Bonchev–Trinajstić information content (AvgIpc) is 3.04. The van der Waals surface area contributed by atoms with Crippen molar-refractivity contribution >= 4 is 35.0 Å². The van der Waals surface area contributed by atoms with E-state index in [0.717, 1.165) is 17.9 Å². The molecule has 1 amide bonds. The van der Waals surface area contributed by atoms with E-state index < -0.39 is 0 Å². The van der Waals surface area contributed by atoms with E-state index in [1.54, 1.807) is 24.3 Å². The van der Waals surface area contributed by atoms with E-state index in [1.807, 2.05) is 41.8 Å². The molecule has 3 rings (SSSR count). The molecule has 0 saturated heterocycles. The lowest BCUT2D eigenvalue weighted by molar-refractivity contribution is -0.113. The van der Waals surface area contributed by atoms with E-state index in [-0.39, 0.29) is 11.7 Å². The number of hydrogen-bond acceptors (Lipinski definition) is 4. The molecule has 1 heterocycles. The highest BCUT2D eigenvalue weighted by atomic mass is 35.5. The van der Waals surface area contributed by atoms with Gasteiger partial charge in [0.05, 0.1) is 5.75 Å². The first-order valence-corrected chi connectivity index (χ1v) is 9.21. The molecule has 0 spiro atoms. The number of anilines is 1. The second kappa shape index (κ2) is 8.18. The molecule has 0 unspecified atom stereocenters. The molecular weight excluding hydrogens is 356 g/mol. The molecule has 1 aromatic heterocycles. The maximum atomic E-state index is 12.2. The Hall–Kier alpha value is -2.31. The number of hydrogen-bond donors (Lipinski definition) is 1. The zero-order chi connectivity index (χ0) is 17.6. The van der Waals surface area contributed by atoms with Crippen molar-refractivity contribution in [1.29, 1.82) is 0 Å². The number of benzene rings is 2. The minimum atomic E-state index is -0.118. The summed E-state index contributed by atoms with van der Waals surface area (Å²) in [4.78, 5) is 12.2. The van der Waals surface area contributed by atoms with Crippen LogP contribution >= 0.6 is 23.4 Å². The standard InChI is InChI=1S/C18H17ClN4OS/c1-2-16-21-22-18(23(16)15-9-4-3-5-10-15)25-12-17(24)20-14-8-6-7-13(19)11-14/h3-11H,2,12H2,1H3,(H,20,24). The Morgan fingerprint density at radius 2 is 1.96 bits per heavy atom. The van der Waals surface area contributed by atoms with Gasteiger partial charge in [-0.2, -0.15) is 0 Å². The van der Waals surface area contributed by atoms with Crippen LogP contribution < -0.4 is 5.32 Å². The zero-order valence-electron chi connectivity index (χ0n) is 13.6. The number of para-hydroxylation sites is 1. The fraction of sp³-hybridized carbons (Fsp3) is 0.167. The number of nitrogens with zero attached hydrogens (tertiary/aromatic N) is 3. The highest BCUT2D eigenvalue weighted by Crippen LogP contribution is 2.23. The monoisotopic (exact) mass is 372 g/mol. The van der Waals surface area contributed by atoms with Gasteiger partial charge in [-0.05, 0) is 30.3 Å². The lowest BCUT2D eigenvalue weighted by atomic mass is 10.3. The summed E-state index contributed by atoms with van der Waals surface area (Å²) in [5, 5.41) is 12.6. The Kier molecular flexibility index (Phi) is 5.73. The van der Waals surface area contributed by atoms with Crippen LogP contribution in [-0.4, -0.2) is 26.4 Å². The second-order valence-electron chi connectivity index (χ2n) is 5.27. The summed E-state index contributed by atoms with van der Waals surface area (Å²) in [6, 6.07) is 17.0. The van der Waals surface area contributed by atoms with Gasteiger partial charge < -0.3 is 5.32 Å². The lowest BCUT2D eigenvalue weighted by Gasteiger charge is -2.09. The Bertz CT molecular complexity index is 867. The molecule has 0 bridgehead atoms. The predicted octanol–water partition coefficient (Wildman–Crippen LogP) is 4.21. The van der Waals surface area contributed by atoms with E-state index in [9.17, 15) is 4.79 Å². The van der Waals surface area contributed by atoms with Crippen LogP contribution in [0.2, 0.25) is 5.02 Å². The first kappa shape index (κ1) is 17.5. The van der Waals surface area contributed by atoms with Crippen LogP contribution in [0.15, 0.2) is 59.8 Å². The molecule has 0 radical (unpaired) electrons. The molecule has 2 aromatic carbocycles. The van der Waals surface area contributed by atoms with Crippen molar-refractivity contribution in [2.24, 2.45) is 0 Å². The van der Waals surface area contributed by atoms with Crippen LogP contribution in [0.4, 0.5) is 5.69 Å². The maximum absolute atomic E-state index is 12.2. The smallest absolute Gasteiger partial charge is 0.234 e. The van der Waals surface area contributed by atoms with Gasteiger partial charge in [-0.25, -0.2) is 0 Å². The number of rotatable bonds is 6. The number of halogens is 1. The van der Waals surface area contributed by atoms with Gasteiger partial charge in [0.1, 0.15) is 5.82 Å². The molecular formula is C18H17ClN4OS. The van der Waals surface area contributed by atoms with E-state index in [2.05, 4.69) is 15.5 Å². The van der Waals surface area contributed by atoms with Gasteiger partial charge in [-0.1, -0.05) is 54.6 Å². The first-order chi connectivity index (χ1) is 12.2. The number of aromatic nitrogens is 3. The summed E-state index contributed by atoms with van der Waals surface area (Å²) < 4.78 is 1.98. The molecule has 5 nitrogen and oxygen atoms in total. The molecule has 3 aromatic rings. The molecule has 1 N–H and O–H groups in total. The van der Waals surface area contributed by atoms with Crippen LogP contribution in [0.5, 0.6) is 0 Å². The third kappa shape index (κ3) is 4.41. The molecule has 0 aliphatic rings. The van der Waals surface area contributed by atoms with Gasteiger partial charge >= 0.3 is 0 Å². The Morgan fingerprint density at radius 1 is 1.16 bits per heavy atom. The van der Waals surface area contributed by atoms with Crippen LogP contribution in [-0.2, 0) is 11.2 Å². The third-order valence-corrected chi connectivity index (χ3v) is 4.64. The third-order valence-electron chi connectivity index (χ3n) is 3.47. The molecule has 0 fully saturated rings. The summed E-state index contributed by atoms with van der Waals surface area (Å²) in [7, 11) is 0.